The molecule has 0 aromatic rings. The molecule has 0 aromatic carbocycles. The predicted molar refractivity (Wildman–Crippen MR) is 94.7 cm³/mol. The van der Waals surface area contributed by atoms with E-state index in [-0.39, 0.29) is 17.2 Å². The summed E-state index contributed by atoms with van der Waals surface area (Å²) in [7, 11) is 0. The van der Waals surface area contributed by atoms with Crippen LogP contribution in [0, 0.1) is 0 Å². The topological polar surface area (TPSA) is 75.7 Å². The summed E-state index contributed by atoms with van der Waals surface area (Å²) in [6, 6.07) is 0. The van der Waals surface area contributed by atoms with Crippen LogP contribution in [0.15, 0.2) is 29.5 Å². The van der Waals surface area contributed by atoms with Crippen molar-refractivity contribution >= 4 is 11.8 Å². The number of allylic oxidation sites excluding steroid dienone is 2. The molecule has 0 spiro atoms. The zero-order chi connectivity index (χ0) is 17.1. The highest BCUT2D eigenvalue weighted by Crippen LogP contribution is 2.23. The summed E-state index contributed by atoms with van der Waals surface area (Å²) in [4.78, 5) is 15.5. The third-order valence-electron chi connectivity index (χ3n) is 4.32. The molecular weight excluding hydrogens is 290 g/mol. The Hall–Kier alpha value is -1.46. The maximum absolute atomic E-state index is 11.2. The number of amidine groups is 1. The number of nitrogens with two attached hydrogens (primary N) is 1. The molecule has 0 bridgehead atoms. The lowest BCUT2D eigenvalue weighted by Gasteiger charge is -2.34. The molecule has 0 radical (unpaired) electrons. The first-order valence-electron chi connectivity index (χ1n) is 8.77. The third-order valence-corrected chi connectivity index (χ3v) is 4.32. The van der Waals surface area contributed by atoms with Crippen molar-refractivity contribution in [3.63, 3.8) is 0 Å². The number of quaternary nitrogens is 1. The Kier molecular flexibility index (Phi) is 8.81. The molecule has 2 atom stereocenters. The van der Waals surface area contributed by atoms with Crippen molar-refractivity contribution in [1.82, 2.24) is 0 Å². The molecule has 0 amide bonds. The first kappa shape index (κ1) is 19.6. The Morgan fingerprint density at radius 2 is 2.00 bits per heavy atom. The van der Waals surface area contributed by atoms with Crippen LogP contribution in [-0.4, -0.2) is 34.1 Å². The van der Waals surface area contributed by atoms with Crippen molar-refractivity contribution < 1.29 is 14.4 Å². The molecular formula is C18H32N3O2+. The van der Waals surface area contributed by atoms with Crippen LogP contribution in [0.1, 0.15) is 65.2 Å². The van der Waals surface area contributed by atoms with Gasteiger partial charge in [0.15, 0.2) is 6.54 Å². The number of aliphatic imine (C=N–C) groups is 1. The normalized spacial score (nSPS) is 21.8. The molecule has 2 unspecified atom stereocenters. The van der Waals surface area contributed by atoms with Crippen LogP contribution < -0.4 is 5.73 Å². The Balaban J connectivity index is 2.33. The molecule has 0 saturated carbocycles. The first-order chi connectivity index (χ1) is 11.0. The van der Waals surface area contributed by atoms with E-state index < -0.39 is 5.97 Å². The Morgan fingerprint density at radius 1 is 1.30 bits per heavy atom. The zero-order valence-electron chi connectivity index (χ0n) is 14.6. The number of hydrogen-bond acceptors (Lipinski definition) is 3. The van der Waals surface area contributed by atoms with E-state index in [1.807, 2.05) is 13.1 Å². The van der Waals surface area contributed by atoms with E-state index in [9.17, 15) is 4.79 Å². The van der Waals surface area contributed by atoms with E-state index in [1.54, 1.807) is 6.20 Å². The van der Waals surface area contributed by atoms with E-state index in [2.05, 4.69) is 24.1 Å². The smallest absolute Gasteiger partial charge is 0.360 e. The van der Waals surface area contributed by atoms with E-state index in [0.29, 0.717) is 0 Å². The fraction of sp³-hybridized carbons (Fsp3) is 0.667. The fourth-order valence-electron chi connectivity index (χ4n) is 2.87. The molecule has 1 heterocycles. The van der Waals surface area contributed by atoms with Gasteiger partial charge in [-0.1, -0.05) is 38.3 Å². The summed E-state index contributed by atoms with van der Waals surface area (Å²) < 4.78 is 0.159. The van der Waals surface area contributed by atoms with E-state index in [4.69, 9.17) is 10.8 Å². The van der Waals surface area contributed by atoms with Crippen molar-refractivity contribution in [2.24, 2.45) is 10.7 Å². The van der Waals surface area contributed by atoms with Gasteiger partial charge in [0.25, 0.3) is 0 Å². The molecule has 23 heavy (non-hydrogen) atoms. The minimum absolute atomic E-state index is 0.0346. The van der Waals surface area contributed by atoms with Crippen LogP contribution in [-0.2, 0) is 4.79 Å². The predicted octanol–water partition coefficient (Wildman–Crippen LogP) is 3.77. The lowest BCUT2D eigenvalue weighted by Crippen LogP contribution is -2.59. The second-order valence-corrected chi connectivity index (χ2v) is 6.28. The van der Waals surface area contributed by atoms with Crippen molar-refractivity contribution in [3.05, 3.63) is 24.6 Å². The van der Waals surface area contributed by atoms with Crippen LogP contribution in [0.25, 0.3) is 0 Å². The van der Waals surface area contributed by atoms with Gasteiger partial charge in [0.2, 0.25) is 5.84 Å². The van der Waals surface area contributed by atoms with E-state index in [0.717, 1.165) is 31.5 Å². The fourth-order valence-corrected chi connectivity index (χ4v) is 2.87. The lowest BCUT2D eigenvalue weighted by molar-refractivity contribution is -0.805. The first-order valence-corrected chi connectivity index (χ1v) is 8.77. The summed E-state index contributed by atoms with van der Waals surface area (Å²) in [5.41, 5.74) is 6.05. The van der Waals surface area contributed by atoms with Crippen molar-refractivity contribution in [1.29, 1.82) is 0 Å². The van der Waals surface area contributed by atoms with Gasteiger partial charge in [-0.15, -0.1) is 0 Å². The maximum Gasteiger partial charge on any atom is 0.360 e. The molecule has 0 aromatic heterocycles. The number of rotatable bonds is 12. The van der Waals surface area contributed by atoms with Gasteiger partial charge in [0.05, 0.1) is 6.20 Å². The molecule has 5 nitrogen and oxygen atoms in total. The van der Waals surface area contributed by atoms with Gasteiger partial charge < -0.3 is 5.11 Å². The molecule has 1 rings (SSSR count). The number of unbranched alkanes of at least 4 members (excludes halogenated alkanes) is 5. The monoisotopic (exact) mass is 322 g/mol. The number of carbonyl (C=O) groups is 1. The van der Waals surface area contributed by atoms with Crippen LogP contribution in [0.2, 0.25) is 0 Å². The molecule has 0 saturated heterocycles. The van der Waals surface area contributed by atoms with Gasteiger partial charge in [-0.2, -0.15) is 0 Å². The Morgan fingerprint density at radius 3 is 2.61 bits per heavy atom. The van der Waals surface area contributed by atoms with Gasteiger partial charge in [0, 0.05) is 13.3 Å². The number of hydrogen-bond donors (Lipinski definition) is 2. The quantitative estimate of drug-likeness (QED) is 0.326. The van der Waals surface area contributed by atoms with Crippen molar-refractivity contribution in [2.45, 2.75) is 71.4 Å². The van der Waals surface area contributed by atoms with Gasteiger partial charge >= 0.3 is 5.97 Å². The SMILES string of the molecule is CCCC/C=C/CCCCCC1=NC=C[N+]1(CC(=O)O)C(C)N. The summed E-state index contributed by atoms with van der Waals surface area (Å²) in [6.07, 6.45) is 16.7. The lowest BCUT2D eigenvalue weighted by atomic mass is 10.1. The highest BCUT2D eigenvalue weighted by molar-refractivity contribution is 5.81. The number of carboxylic acid groups (broad SMARTS) is 1. The average Bonchev–Trinajstić information content (AvgIpc) is 2.89. The zero-order valence-corrected chi connectivity index (χ0v) is 14.6. The molecule has 0 fully saturated rings. The highest BCUT2D eigenvalue weighted by atomic mass is 16.4. The number of carboxylic acids is 1. The minimum atomic E-state index is -0.848. The third kappa shape index (κ3) is 6.28. The van der Waals surface area contributed by atoms with E-state index in [1.165, 1.54) is 25.7 Å². The van der Waals surface area contributed by atoms with Gasteiger partial charge in [-0.25, -0.2) is 14.3 Å². The maximum atomic E-state index is 11.2. The van der Waals surface area contributed by atoms with Crippen LogP contribution in [0.3, 0.4) is 0 Å². The number of aliphatic carboxylic acids is 1. The summed E-state index contributed by atoms with van der Waals surface area (Å²) in [6.45, 7) is 4.02. The van der Waals surface area contributed by atoms with Gasteiger partial charge in [-0.3, -0.25) is 5.73 Å². The largest absolute Gasteiger partial charge is 0.477 e. The van der Waals surface area contributed by atoms with Crippen LogP contribution in [0.5, 0.6) is 0 Å². The molecule has 5 heteroatoms. The Labute approximate surface area is 140 Å². The van der Waals surface area contributed by atoms with Crippen molar-refractivity contribution in [3.8, 4) is 0 Å². The van der Waals surface area contributed by atoms with E-state index >= 15 is 0 Å². The van der Waals surface area contributed by atoms with Gasteiger partial charge in [0.1, 0.15) is 12.4 Å². The Bertz CT molecular complexity index is 455. The number of nitrogens with zero attached hydrogens (tertiary/aromatic N) is 2. The summed E-state index contributed by atoms with van der Waals surface area (Å²) in [5.74, 6) is 0.0275. The summed E-state index contributed by atoms with van der Waals surface area (Å²) >= 11 is 0. The van der Waals surface area contributed by atoms with Gasteiger partial charge in [-0.05, 0) is 25.7 Å². The van der Waals surface area contributed by atoms with Crippen LogP contribution >= 0.6 is 0 Å². The highest BCUT2D eigenvalue weighted by Gasteiger charge is 2.40. The molecule has 0 aliphatic carbocycles. The molecule has 1 aliphatic heterocycles. The summed E-state index contributed by atoms with van der Waals surface area (Å²) in [5, 5.41) is 9.17. The standard InChI is InChI=1S/C18H31N3O2/c1-3-4-5-6-7-8-9-10-11-12-17-20-13-14-21(17,16(2)19)15-18(22)23/h6-7,13-14,16H,3-5,8-12,15,19H2,1-2H3/p+1/b7-6+. The second-order valence-electron chi connectivity index (χ2n) is 6.28. The van der Waals surface area contributed by atoms with Crippen molar-refractivity contribution in [2.75, 3.05) is 6.54 Å². The van der Waals surface area contributed by atoms with Crippen LogP contribution in [0.4, 0.5) is 0 Å². The minimum Gasteiger partial charge on any atom is -0.477 e. The molecule has 130 valence electrons. The average molecular weight is 322 g/mol. The molecule has 1 aliphatic rings. The molecule has 3 N–H and O–H groups in total. The second kappa shape index (κ2) is 10.3.